The van der Waals surface area contributed by atoms with Crippen LogP contribution in [0.4, 0.5) is 5.82 Å². The lowest BCUT2D eigenvalue weighted by Gasteiger charge is -2.30. The van der Waals surface area contributed by atoms with E-state index in [0.717, 1.165) is 25.7 Å². The van der Waals surface area contributed by atoms with E-state index in [4.69, 9.17) is 24.5 Å². The van der Waals surface area contributed by atoms with Crippen LogP contribution >= 0.6 is 7.52 Å². The third-order valence-corrected chi connectivity index (χ3v) is 7.30. The molecule has 0 bridgehead atoms. The Hall–Kier alpha value is -2.60. The number of nitrogen functional groups attached to an aromatic ring is 1. The highest BCUT2D eigenvalue weighted by molar-refractivity contribution is 7.56. The Balaban J connectivity index is 2.06. The third kappa shape index (κ3) is 9.94. The molecule has 3 N–H and O–H groups in total. The highest BCUT2D eigenvalue weighted by Crippen LogP contribution is 2.45. The van der Waals surface area contributed by atoms with Gasteiger partial charge < -0.3 is 29.0 Å². The largest absolute Gasteiger partial charge is 0.464 e. The van der Waals surface area contributed by atoms with E-state index in [1.807, 2.05) is 0 Å². The first-order valence-corrected chi connectivity index (χ1v) is 14.6. The van der Waals surface area contributed by atoms with Crippen LogP contribution in [0, 0.1) is 0 Å². The van der Waals surface area contributed by atoms with E-state index in [2.05, 4.69) is 27.0 Å². The molecule has 2 heterocycles. The normalized spacial score (nSPS) is 14.4. The summed E-state index contributed by atoms with van der Waals surface area (Å²) >= 11 is 0. The fraction of sp³-hybridized carbons (Fsp3) is 0.708. The van der Waals surface area contributed by atoms with Gasteiger partial charge in [0.25, 0.3) is 7.52 Å². The van der Waals surface area contributed by atoms with Gasteiger partial charge in [0.2, 0.25) is 0 Å². The molecule has 14 heteroatoms. The molecule has 0 radical (unpaired) electrons. The zero-order valence-corrected chi connectivity index (χ0v) is 24.0. The molecule has 0 aliphatic heterocycles. The topological polar surface area (TPSA) is 170 Å². The lowest BCUT2D eigenvalue weighted by atomic mass is 10.1. The molecule has 0 spiro atoms. The van der Waals surface area contributed by atoms with Crippen molar-refractivity contribution in [1.82, 2.24) is 24.6 Å². The number of rotatable bonds is 17. The third-order valence-electron chi connectivity index (χ3n) is 5.36. The van der Waals surface area contributed by atoms with E-state index < -0.39 is 44.1 Å². The number of esters is 2. The van der Waals surface area contributed by atoms with E-state index >= 15 is 0 Å². The number of carbonyl (C=O) groups is 2. The molecular weight excluding hydrogens is 515 g/mol. The van der Waals surface area contributed by atoms with Gasteiger partial charge in [-0.1, -0.05) is 26.2 Å². The Morgan fingerprint density at radius 1 is 1.16 bits per heavy atom. The Labute approximate surface area is 223 Å². The van der Waals surface area contributed by atoms with E-state index in [1.165, 1.54) is 20.2 Å². The van der Waals surface area contributed by atoms with E-state index in [1.54, 1.807) is 31.7 Å². The fourth-order valence-corrected chi connectivity index (χ4v) is 5.40. The van der Waals surface area contributed by atoms with Crippen LogP contribution in [0.1, 0.15) is 67.2 Å². The van der Waals surface area contributed by atoms with Gasteiger partial charge >= 0.3 is 11.9 Å². The second-order valence-electron chi connectivity index (χ2n) is 9.85. The minimum atomic E-state index is -3.89. The van der Waals surface area contributed by atoms with E-state index in [-0.39, 0.29) is 18.5 Å². The average molecular weight is 557 g/mol. The molecule has 214 valence electrons. The summed E-state index contributed by atoms with van der Waals surface area (Å²) < 4.78 is 37.3. The molecule has 0 amide bonds. The van der Waals surface area contributed by atoms with Gasteiger partial charge in [0, 0.05) is 0 Å². The minimum Gasteiger partial charge on any atom is -0.464 e. The number of carbonyl (C=O) groups excluding carboxylic acids is 2. The summed E-state index contributed by atoms with van der Waals surface area (Å²) in [6, 6.07) is 0. The molecule has 0 aliphatic carbocycles. The summed E-state index contributed by atoms with van der Waals surface area (Å²) in [4.78, 5) is 37.2. The molecule has 0 saturated carbocycles. The van der Waals surface area contributed by atoms with Gasteiger partial charge in [0.15, 0.2) is 18.1 Å². The summed E-state index contributed by atoms with van der Waals surface area (Å²) in [7, 11) is -3.89. The van der Waals surface area contributed by atoms with Crippen LogP contribution in [0.25, 0.3) is 11.2 Å². The van der Waals surface area contributed by atoms with Crippen LogP contribution in [0.15, 0.2) is 12.7 Å². The highest BCUT2D eigenvalue weighted by Gasteiger charge is 2.39. The maximum Gasteiger partial charge on any atom is 0.332 e. The summed E-state index contributed by atoms with van der Waals surface area (Å²) in [5.74, 6) is -1.01. The first-order valence-electron chi connectivity index (χ1n) is 12.8. The van der Waals surface area contributed by atoms with Crippen LogP contribution in [-0.2, 0) is 39.4 Å². The number of nitrogens with two attached hydrogens (primary N) is 1. The van der Waals surface area contributed by atoms with Crippen molar-refractivity contribution in [2.45, 2.75) is 91.5 Å². The zero-order chi connectivity index (χ0) is 28.3. The summed E-state index contributed by atoms with van der Waals surface area (Å²) in [6.45, 7) is 10.3. The maximum atomic E-state index is 13.8. The molecule has 0 aliphatic rings. The number of nitrogens with zero attached hydrogens (tertiary/aromatic N) is 4. The van der Waals surface area contributed by atoms with Gasteiger partial charge in [0.1, 0.15) is 23.7 Å². The SMILES string of the molecule is CCCCCCOC(=O)C(C)(C)NP(=O)(CO[C@@H](C)Cn1cnc2c(N)ncnc21)OCC(=O)OC(C)C. The van der Waals surface area contributed by atoms with E-state index in [9.17, 15) is 14.2 Å². The molecule has 1 unspecified atom stereocenters. The number of imidazole rings is 1. The van der Waals surface area contributed by atoms with Gasteiger partial charge in [-0.3, -0.25) is 9.36 Å². The molecule has 0 saturated heterocycles. The monoisotopic (exact) mass is 556 g/mol. The predicted molar refractivity (Wildman–Crippen MR) is 142 cm³/mol. The van der Waals surface area contributed by atoms with Crippen molar-refractivity contribution in [3.05, 3.63) is 12.7 Å². The van der Waals surface area contributed by atoms with Crippen LogP contribution in [-0.4, -0.2) is 68.8 Å². The van der Waals surface area contributed by atoms with Gasteiger partial charge in [-0.2, -0.15) is 0 Å². The number of anilines is 1. The number of unbranched alkanes of at least 4 members (excludes halogenated alkanes) is 3. The Bertz CT molecular complexity index is 1110. The van der Waals surface area contributed by atoms with Gasteiger partial charge in [-0.05, 0) is 41.0 Å². The summed E-state index contributed by atoms with van der Waals surface area (Å²) in [6.07, 6.45) is 5.46. The number of fused-ring (bicyclic) bond motifs is 1. The molecule has 2 aromatic rings. The van der Waals surface area contributed by atoms with Gasteiger partial charge in [0.05, 0.1) is 31.7 Å². The number of hydrogen-bond donors (Lipinski definition) is 2. The lowest BCUT2D eigenvalue weighted by molar-refractivity contribution is -0.149. The first kappa shape index (κ1) is 31.6. The molecule has 2 rings (SSSR count). The van der Waals surface area contributed by atoms with Crippen LogP contribution in [0.2, 0.25) is 0 Å². The van der Waals surface area contributed by atoms with Crippen LogP contribution in [0.3, 0.4) is 0 Å². The Morgan fingerprint density at radius 3 is 2.58 bits per heavy atom. The number of aromatic nitrogens is 4. The molecule has 38 heavy (non-hydrogen) atoms. The molecule has 2 aromatic heterocycles. The highest BCUT2D eigenvalue weighted by atomic mass is 31.2. The van der Waals surface area contributed by atoms with Gasteiger partial charge in [-0.15, -0.1) is 0 Å². The lowest BCUT2D eigenvalue weighted by Crippen LogP contribution is -2.47. The fourth-order valence-electron chi connectivity index (χ4n) is 3.49. The van der Waals surface area contributed by atoms with Crippen molar-refractivity contribution in [2.24, 2.45) is 0 Å². The van der Waals surface area contributed by atoms with Crippen molar-refractivity contribution < 1.29 is 32.9 Å². The molecule has 0 aromatic carbocycles. The second kappa shape index (κ2) is 14.5. The maximum absolute atomic E-state index is 13.8. The standard InChI is InChI=1S/C24H41N6O7P/c1-7-8-9-10-11-34-23(32)24(5,6)29-38(33,36-13-19(31)37-17(2)3)16-35-18(4)12-30-15-28-20-21(25)26-14-27-22(20)30/h14-15,17-18H,7-13,16H2,1-6H3,(H,29,33)(H2,25,26,27)/t18-,38?/m0/s1. The van der Waals surface area contributed by atoms with Crippen molar-refractivity contribution in [2.75, 3.05) is 25.3 Å². The molecular formula is C24H41N6O7P. The number of ether oxygens (including phenoxy) is 3. The zero-order valence-electron chi connectivity index (χ0n) is 23.1. The minimum absolute atomic E-state index is 0.260. The molecule has 13 nitrogen and oxygen atoms in total. The summed E-state index contributed by atoms with van der Waals surface area (Å²) in [5, 5.41) is 2.75. The van der Waals surface area contributed by atoms with Crippen molar-refractivity contribution in [1.29, 1.82) is 0 Å². The quantitative estimate of drug-likeness (QED) is 0.166. The molecule has 2 atom stereocenters. The number of nitrogens with one attached hydrogen (secondary N) is 1. The van der Waals surface area contributed by atoms with Crippen LogP contribution < -0.4 is 10.8 Å². The van der Waals surface area contributed by atoms with E-state index in [0.29, 0.717) is 17.7 Å². The smallest absolute Gasteiger partial charge is 0.332 e. The van der Waals surface area contributed by atoms with Crippen LogP contribution in [0.5, 0.6) is 0 Å². The van der Waals surface area contributed by atoms with Crippen molar-refractivity contribution >= 4 is 36.4 Å². The van der Waals surface area contributed by atoms with Crippen molar-refractivity contribution in [3.63, 3.8) is 0 Å². The Morgan fingerprint density at radius 2 is 1.89 bits per heavy atom. The summed E-state index contributed by atoms with van der Waals surface area (Å²) in [5.41, 5.74) is 5.47. The second-order valence-corrected chi connectivity index (χ2v) is 11.9. The predicted octanol–water partition coefficient (Wildman–Crippen LogP) is 3.42. The van der Waals surface area contributed by atoms with Crippen molar-refractivity contribution in [3.8, 4) is 0 Å². The van der Waals surface area contributed by atoms with Gasteiger partial charge in [-0.25, -0.2) is 24.8 Å². The Kier molecular flexibility index (Phi) is 12.1. The number of hydrogen-bond acceptors (Lipinski definition) is 11. The molecule has 0 fully saturated rings. The average Bonchev–Trinajstić information content (AvgIpc) is 3.24. The first-order chi connectivity index (χ1) is 17.9.